The van der Waals surface area contributed by atoms with Crippen molar-refractivity contribution in [2.75, 3.05) is 33.2 Å². The minimum Gasteiger partial charge on any atom is -0.343 e. The summed E-state index contributed by atoms with van der Waals surface area (Å²) in [5.41, 5.74) is 5.67. The van der Waals surface area contributed by atoms with Gasteiger partial charge in [-0.05, 0) is 27.4 Å². The average molecular weight is 215 g/mol. The third kappa shape index (κ3) is 4.62. The van der Waals surface area contributed by atoms with Gasteiger partial charge in [-0.15, -0.1) is 0 Å². The van der Waals surface area contributed by atoms with Gasteiger partial charge in [0.05, 0.1) is 0 Å². The number of nitrogens with two attached hydrogens (primary N) is 1. The summed E-state index contributed by atoms with van der Waals surface area (Å²) >= 11 is 0. The van der Waals surface area contributed by atoms with Gasteiger partial charge < -0.3 is 15.5 Å². The van der Waals surface area contributed by atoms with Gasteiger partial charge in [0, 0.05) is 32.1 Å². The first-order valence-corrected chi connectivity index (χ1v) is 5.78. The second kappa shape index (κ2) is 7.65. The molecule has 0 heterocycles. The van der Waals surface area contributed by atoms with Gasteiger partial charge in [-0.25, -0.2) is 0 Å². The molecule has 0 saturated heterocycles. The lowest BCUT2D eigenvalue weighted by atomic mass is 10.1. The predicted molar refractivity (Wildman–Crippen MR) is 63.7 cm³/mol. The van der Waals surface area contributed by atoms with E-state index in [4.69, 9.17) is 5.73 Å². The average Bonchev–Trinajstić information content (AvgIpc) is 2.26. The van der Waals surface area contributed by atoms with Gasteiger partial charge in [-0.1, -0.05) is 6.92 Å². The van der Waals surface area contributed by atoms with Crippen molar-refractivity contribution < 1.29 is 4.79 Å². The summed E-state index contributed by atoms with van der Waals surface area (Å²) in [5, 5.41) is 0. The van der Waals surface area contributed by atoms with Crippen molar-refractivity contribution in [3.05, 3.63) is 0 Å². The van der Waals surface area contributed by atoms with E-state index in [0.717, 1.165) is 19.6 Å². The Morgan fingerprint density at radius 1 is 1.20 bits per heavy atom. The van der Waals surface area contributed by atoms with Crippen LogP contribution in [0.15, 0.2) is 0 Å². The first kappa shape index (κ1) is 14.4. The zero-order chi connectivity index (χ0) is 11.8. The summed E-state index contributed by atoms with van der Waals surface area (Å²) in [4.78, 5) is 15.8. The highest BCUT2D eigenvalue weighted by atomic mass is 16.2. The zero-order valence-corrected chi connectivity index (χ0v) is 10.5. The lowest BCUT2D eigenvalue weighted by Gasteiger charge is -2.27. The van der Waals surface area contributed by atoms with E-state index in [9.17, 15) is 4.79 Å². The standard InChI is InChI=1S/C11H25N3O/c1-5-13(4)10(9-12)8-11(15)14(6-2)7-3/h10H,5-9,12H2,1-4H3. The molecule has 4 heteroatoms. The summed E-state index contributed by atoms with van der Waals surface area (Å²) < 4.78 is 0. The van der Waals surface area contributed by atoms with E-state index in [1.807, 2.05) is 25.8 Å². The van der Waals surface area contributed by atoms with Crippen LogP contribution in [-0.2, 0) is 4.79 Å². The second-order valence-corrected chi connectivity index (χ2v) is 3.73. The number of nitrogens with zero attached hydrogens (tertiary/aromatic N) is 2. The number of carbonyl (C=O) groups is 1. The van der Waals surface area contributed by atoms with E-state index in [1.54, 1.807) is 0 Å². The van der Waals surface area contributed by atoms with E-state index in [-0.39, 0.29) is 11.9 Å². The molecule has 0 spiro atoms. The van der Waals surface area contributed by atoms with Gasteiger partial charge in [0.1, 0.15) is 0 Å². The Bertz CT molecular complexity index is 181. The molecule has 1 unspecified atom stereocenters. The molecule has 0 rings (SSSR count). The van der Waals surface area contributed by atoms with Crippen molar-refractivity contribution >= 4 is 5.91 Å². The fourth-order valence-corrected chi connectivity index (χ4v) is 1.58. The van der Waals surface area contributed by atoms with Gasteiger partial charge in [-0.3, -0.25) is 4.79 Å². The first-order valence-electron chi connectivity index (χ1n) is 5.78. The lowest BCUT2D eigenvalue weighted by Crippen LogP contribution is -2.43. The zero-order valence-electron chi connectivity index (χ0n) is 10.5. The van der Waals surface area contributed by atoms with Crippen molar-refractivity contribution in [1.29, 1.82) is 0 Å². The molecule has 0 fully saturated rings. The predicted octanol–water partition coefficient (Wildman–Crippen LogP) is 0.524. The molecule has 0 radical (unpaired) electrons. The number of likely N-dealkylation sites (N-methyl/N-ethyl adjacent to an activating group) is 1. The molecule has 0 aromatic heterocycles. The van der Waals surface area contributed by atoms with Gasteiger partial charge >= 0.3 is 0 Å². The third-order valence-electron chi connectivity index (χ3n) is 2.92. The SMILES string of the molecule is CCN(CC)C(=O)CC(CN)N(C)CC. The van der Waals surface area contributed by atoms with Crippen LogP contribution in [0.3, 0.4) is 0 Å². The fraction of sp³-hybridized carbons (Fsp3) is 0.909. The van der Waals surface area contributed by atoms with Gasteiger partial charge in [-0.2, -0.15) is 0 Å². The van der Waals surface area contributed by atoms with Crippen LogP contribution in [-0.4, -0.2) is 55.0 Å². The van der Waals surface area contributed by atoms with Crippen molar-refractivity contribution in [3.63, 3.8) is 0 Å². The number of hydrogen-bond donors (Lipinski definition) is 1. The molecular weight excluding hydrogens is 190 g/mol. The molecule has 0 bridgehead atoms. The maximum absolute atomic E-state index is 11.8. The monoisotopic (exact) mass is 215 g/mol. The first-order chi connectivity index (χ1) is 7.10. The van der Waals surface area contributed by atoms with E-state index in [2.05, 4.69) is 11.8 Å². The highest BCUT2D eigenvalue weighted by molar-refractivity contribution is 5.76. The second-order valence-electron chi connectivity index (χ2n) is 3.73. The summed E-state index contributed by atoms with van der Waals surface area (Å²) in [7, 11) is 2.01. The topological polar surface area (TPSA) is 49.6 Å². The molecule has 0 saturated carbocycles. The number of carbonyl (C=O) groups excluding carboxylic acids is 1. The summed E-state index contributed by atoms with van der Waals surface area (Å²) in [5.74, 6) is 0.204. The molecule has 4 nitrogen and oxygen atoms in total. The van der Waals surface area contributed by atoms with E-state index in [0.29, 0.717) is 13.0 Å². The van der Waals surface area contributed by atoms with Crippen LogP contribution in [0.1, 0.15) is 27.2 Å². The van der Waals surface area contributed by atoms with Gasteiger partial charge in [0.2, 0.25) is 5.91 Å². The summed E-state index contributed by atoms with van der Waals surface area (Å²) in [6.07, 6.45) is 0.530. The minimum absolute atomic E-state index is 0.170. The number of amides is 1. The largest absolute Gasteiger partial charge is 0.343 e. The van der Waals surface area contributed by atoms with Crippen LogP contribution in [0.4, 0.5) is 0 Å². The van der Waals surface area contributed by atoms with Crippen LogP contribution in [0.5, 0.6) is 0 Å². The molecule has 2 N–H and O–H groups in total. The normalized spacial score (nSPS) is 12.9. The lowest BCUT2D eigenvalue weighted by molar-refractivity contribution is -0.132. The molecule has 0 aliphatic carbocycles. The Kier molecular flexibility index (Phi) is 7.34. The van der Waals surface area contributed by atoms with Gasteiger partial charge in [0.15, 0.2) is 0 Å². The summed E-state index contributed by atoms with van der Waals surface area (Å²) in [6, 6.07) is 0.170. The molecule has 15 heavy (non-hydrogen) atoms. The van der Waals surface area contributed by atoms with Crippen molar-refractivity contribution in [3.8, 4) is 0 Å². The van der Waals surface area contributed by atoms with E-state index in [1.165, 1.54) is 0 Å². The molecule has 1 atom stereocenters. The molecule has 0 aromatic rings. The number of hydrogen-bond acceptors (Lipinski definition) is 3. The Morgan fingerprint density at radius 3 is 2.07 bits per heavy atom. The molecule has 0 aliphatic heterocycles. The molecule has 1 amide bonds. The summed E-state index contributed by atoms with van der Waals surface area (Å²) in [6.45, 7) is 9.10. The third-order valence-corrected chi connectivity index (χ3v) is 2.92. The molecule has 0 aromatic carbocycles. The van der Waals surface area contributed by atoms with Crippen LogP contribution >= 0.6 is 0 Å². The van der Waals surface area contributed by atoms with Gasteiger partial charge in [0.25, 0.3) is 0 Å². The highest BCUT2D eigenvalue weighted by Crippen LogP contribution is 2.03. The molecular formula is C11H25N3O. The molecule has 90 valence electrons. The highest BCUT2D eigenvalue weighted by Gasteiger charge is 2.18. The van der Waals surface area contributed by atoms with Crippen LogP contribution in [0, 0.1) is 0 Å². The van der Waals surface area contributed by atoms with E-state index < -0.39 is 0 Å². The Balaban J connectivity index is 4.22. The Hall–Kier alpha value is -0.610. The quantitative estimate of drug-likeness (QED) is 0.674. The number of rotatable bonds is 7. The van der Waals surface area contributed by atoms with Crippen molar-refractivity contribution in [1.82, 2.24) is 9.80 Å². The Labute approximate surface area is 93.4 Å². The maximum atomic E-state index is 11.8. The van der Waals surface area contributed by atoms with E-state index >= 15 is 0 Å². The fourth-order valence-electron chi connectivity index (χ4n) is 1.58. The smallest absolute Gasteiger partial charge is 0.224 e. The van der Waals surface area contributed by atoms with Crippen molar-refractivity contribution in [2.24, 2.45) is 5.73 Å². The maximum Gasteiger partial charge on any atom is 0.224 e. The van der Waals surface area contributed by atoms with Crippen LogP contribution in [0.2, 0.25) is 0 Å². The minimum atomic E-state index is 0.170. The van der Waals surface area contributed by atoms with Crippen LogP contribution in [0.25, 0.3) is 0 Å². The van der Waals surface area contributed by atoms with Crippen LogP contribution < -0.4 is 5.73 Å². The Morgan fingerprint density at radius 2 is 1.73 bits per heavy atom. The molecule has 0 aliphatic rings. The van der Waals surface area contributed by atoms with Crippen molar-refractivity contribution in [2.45, 2.75) is 33.2 Å².